The Labute approximate surface area is 243 Å². The van der Waals surface area contributed by atoms with Crippen LogP contribution in [0.3, 0.4) is 0 Å². The number of fused-ring (bicyclic) bond motifs is 7. The van der Waals surface area contributed by atoms with Crippen molar-refractivity contribution >= 4 is 44.9 Å². The summed E-state index contributed by atoms with van der Waals surface area (Å²) >= 11 is -2.27. The Morgan fingerprint density at radius 3 is 2.15 bits per heavy atom. The van der Waals surface area contributed by atoms with Gasteiger partial charge in [-0.2, -0.15) is 0 Å². The molecule has 0 bridgehead atoms. The van der Waals surface area contributed by atoms with E-state index in [1.165, 1.54) is 65.7 Å². The quantitative estimate of drug-likeness (QED) is 0.180. The molecular weight excluding hydrogens is 560 g/mol. The van der Waals surface area contributed by atoms with Gasteiger partial charge in [0.15, 0.2) is 0 Å². The van der Waals surface area contributed by atoms with E-state index in [0.29, 0.717) is 3.63 Å². The second-order valence-electron chi connectivity index (χ2n) is 11.4. The zero-order valence-electron chi connectivity index (χ0n) is 22.9. The van der Waals surface area contributed by atoms with E-state index < -0.39 is 21.3 Å². The van der Waals surface area contributed by atoms with Gasteiger partial charge in [-0.05, 0) is 0 Å². The molecule has 0 N–H and O–H groups in total. The molecule has 1 heteroatoms. The maximum atomic E-state index is 2.61. The monoisotopic (exact) mass is 588 g/mol. The van der Waals surface area contributed by atoms with E-state index in [0.717, 1.165) is 6.42 Å². The predicted octanol–water partition coefficient (Wildman–Crippen LogP) is 10.3. The van der Waals surface area contributed by atoms with Crippen molar-refractivity contribution in [3.8, 4) is 11.1 Å². The van der Waals surface area contributed by atoms with E-state index in [1.807, 2.05) is 0 Å². The molecule has 190 valence electrons. The van der Waals surface area contributed by atoms with Crippen molar-refractivity contribution in [1.29, 1.82) is 0 Å². The van der Waals surface area contributed by atoms with Crippen molar-refractivity contribution < 1.29 is 21.3 Å². The first kappa shape index (κ1) is 24.2. The molecule has 0 aromatic heterocycles. The number of allylic oxidation sites excluding steroid dienone is 2. The molecule has 0 saturated carbocycles. The van der Waals surface area contributed by atoms with E-state index >= 15 is 0 Å². The van der Waals surface area contributed by atoms with Crippen LogP contribution < -0.4 is 0 Å². The SMILES string of the molecule is C[C](C)=[Zr]([C]1=CCc2c1ccc1ccc3ccccc3c21)[CH]1C=Cc2c(-c3cccc4ccccc34)cccc21. The van der Waals surface area contributed by atoms with Crippen molar-refractivity contribution in [3.05, 3.63) is 144 Å². The predicted molar refractivity (Wildman–Crippen MR) is 171 cm³/mol. The van der Waals surface area contributed by atoms with Crippen molar-refractivity contribution in [2.45, 2.75) is 23.9 Å². The fourth-order valence-electron chi connectivity index (χ4n) is 7.24. The van der Waals surface area contributed by atoms with Crippen LogP contribution in [0.15, 0.2) is 121 Å². The molecule has 8 rings (SSSR count). The van der Waals surface area contributed by atoms with E-state index in [1.54, 1.807) is 6.49 Å². The van der Waals surface area contributed by atoms with Crippen molar-refractivity contribution in [3.63, 3.8) is 0 Å². The normalized spacial score (nSPS) is 15.4. The van der Waals surface area contributed by atoms with Gasteiger partial charge in [0.2, 0.25) is 0 Å². The number of hydrogen-bond donors (Lipinski definition) is 0. The van der Waals surface area contributed by atoms with Crippen molar-refractivity contribution in [1.82, 2.24) is 0 Å². The van der Waals surface area contributed by atoms with E-state index in [4.69, 9.17) is 0 Å². The fourth-order valence-corrected chi connectivity index (χ4v) is 15.1. The van der Waals surface area contributed by atoms with Crippen LogP contribution in [0.4, 0.5) is 0 Å². The molecule has 0 amide bonds. The minimum atomic E-state index is -2.27. The molecule has 0 saturated heterocycles. The van der Waals surface area contributed by atoms with Crippen LogP contribution in [0.25, 0.3) is 52.8 Å². The Balaban J connectivity index is 1.27. The van der Waals surface area contributed by atoms with Crippen molar-refractivity contribution in [2.24, 2.45) is 0 Å². The van der Waals surface area contributed by atoms with Crippen LogP contribution in [-0.2, 0) is 27.7 Å². The molecule has 2 aliphatic carbocycles. The Bertz CT molecular complexity index is 2090. The molecule has 0 radical (unpaired) electrons. The third kappa shape index (κ3) is 3.64. The summed E-state index contributed by atoms with van der Waals surface area (Å²) in [6.45, 7) is 4.81. The molecule has 0 spiro atoms. The molecule has 0 aliphatic heterocycles. The summed E-state index contributed by atoms with van der Waals surface area (Å²) in [5.74, 6) is 0. The molecular formula is C39H30Zr. The van der Waals surface area contributed by atoms with Crippen LogP contribution in [0.1, 0.15) is 39.7 Å². The van der Waals surface area contributed by atoms with Gasteiger partial charge in [0, 0.05) is 0 Å². The van der Waals surface area contributed by atoms with Crippen LogP contribution >= 0.6 is 0 Å². The molecule has 2 aliphatic rings. The summed E-state index contributed by atoms with van der Waals surface area (Å²) in [6, 6.07) is 40.8. The van der Waals surface area contributed by atoms with Gasteiger partial charge in [-0.25, -0.2) is 0 Å². The third-order valence-electron chi connectivity index (χ3n) is 8.97. The van der Waals surface area contributed by atoms with Crippen LogP contribution in [-0.4, -0.2) is 3.21 Å². The van der Waals surface area contributed by atoms with E-state index in [9.17, 15) is 0 Å². The topological polar surface area (TPSA) is 0 Å². The first-order chi connectivity index (χ1) is 19.7. The molecule has 6 aromatic rings. The fraction of sp³-hybridized carbons (Fsp3) is 0.103. The third-order valence-corrected chi connectivity index (χ3v) is 17.0. The molecule has 6 aromatic carbocycles. The van der Waals surface area contributed by atoms with Gasteiger partial charge in [-0.1, -0.05) is 0 Å². The van der Waals surface area contributed by atoms with Gasteiger partial charge in [0.05, 0.1) is 0 Å². The second kappa shape index (κ2) is 9.47. The Morgan fingerprint density at radius 1 is 0.625 bits per heavy atom. The van der Waals surface area contributed by atoms with Gasteiger partial charge < -0.3 is 0 Å². The number of hydrogen-bond acceptors (Lipinski definition) is 0. The Hall–Kier alpha value is -3.67. The average molecular weight is 590 g/mol. The van der Waals surface area contributed by atoms with Gasteiger partial charge in [-0.15, -0.1) is 0 Å². The van der Waals surface area contributed by atoms with Crippen molar-refractivity contribution in [2.75, 3.05) is 0 Å². The summed E-state index contributed by atoms with van der Waals surface area (Å²) < 4.78 is 3.88. The summed E-state index contributed by atoms with van der Waals surface area (Å²) in [5.41, 5.74) is 8.71. The molecule has 1 atom stereocenters. The standard InChI is InChI=1S/C19H13.C17H11.C3H6.Zr/c1-2-10-16-14(6-1)8-4-12-18(16)19-13-5-9-15-7-3-11-17(15)19;1-2-6-15-12(4-1)8-10-14-11-9-13-5-3-7-16(13)17(14)15;1-3-2;/h1-13H;1-4,6,8-11H,7H2;1-2H3;. The zero-order chi connectivity index (χ0) is 26.8. The van der Waals surface area contributed by atoms with E-state index in [-0.39, 0.29) is 0 Å². The number of rotatable bonds is 3. The molecule has 0 heterocycles. The zero-order valence-corrected chi connectivity index (χ0v) is 25.4. The minimum absolute atomic E-state index is 0.526. The van der Waals surface area contributed by atoms with Gasteiger partial charge in [0.25, 0.3) is 0 Å². The average Bonchev–Trinajstić information content (AvgIpc) is 3.62. The Morgan fingerprint density at radius 2 is 1.30 bits per heavy atom. The summed E-state index contributed by atoms with van der Waals surface area (Å²) in [7, 11) is 0. The van der Waals surface area contributed by atoms with Crippen LogP contribution in [0.5, 0.6) is 0 Å². The molecule has 40 heavy (non-hydrogen) atoms. The first-order valence-corrected chi connectivity index (χ1v) is 18.2. The van der Waals surface area contributed by atoms with Gasteiger partial charge in [-0.3, -0.25) is 0 Å². The number of benzene rings is 6. The van der Waals surface area contributed by atoms with Crippen LogP contribution in [0, 0.1) is 0 Å². The summed E-state index contributed by atoms with van der Waals surface area (Å²) in [5, 5.41) is 8.18. The summed E-state index contributed by atoms with van der Waals surface area (Å²) in [6.07, 6.45) is 8.64. The second-order valence-corrected chi connectivity index (χ2v) is 18.7. The van der Waals surface area contributed by atoms with Gasteiger partial charge >= 0.3 is 245 Å². The van der Waals surface area contributed by atoms with Gasteiger partial charge in [0.1, 0.15) is 0 Å². The molecule has 1 unspecified atom stereocenters. The summed E-state index contributed by atoms with van der Waals surface area (Å²) in [4.78, 5) is 0. The maximum absolute atomic E-state index is 2.61. The van der Waals surface area contributed by atoms with Crippen LogP contribution in [0.2, 0.25) is 0 Å². The first-order valence-electron chi connectivity index (χ1n) is 14.3. The molecule has 0 nitrogen and oxygen atoms in total. The van der Waals surface area contributed by atoms with E-state index in [2.05, 4.69) is 141 Å². The molecule has 0 fully saturated rings. The Kier molecular flexibility index (Phi) is 5.72.